The molecule has 0 amide bonds. The Labute approximate surface area is 125 Å². The smallest absolute Gasteiger partial charge is 0.0342 e. The van der Waals surface area contributed by atoms with E-state index >= 15 is 0 Å². The zero-order valence-electron chi connectivity index (χ0n) is 14.0. The SMILES string of the molecule is CC1(C)CC(C)(C)CC(CN)(N2CC3CCCC3C2)C1. The average molecular weight is 278 g/mol. The molecule has 3 aliphatic rings. The molecule has 2 N–H and O–H groups in total. The highest BCUT2D eigenvalue weighted by molar-refractivity contribution is 5.07. The summed E-state index contributed by atoms with van der Waals surface area (Å²) in [5.41, 5.74) is 7.50. The molecule has 1 saturated heterocycles. The lowest BCUT2D eigenvalue weighted by Gasteiger charge is -2.55. The molecular formula is C18H34N2. The first-order valence-electron chi connectivity index (χ1n) is 8.71. The van der Waals surface area contributed by atoms with Gasteiger partial charge >= 0.3 is 0 Å². The van der Waals surface area contributed by atoms with Crippen LogP contribution in [0.25, 0.3) is 0 Å². The Balaban J connectivity index is 1.83. The van der Waals surface area contributed by atoms with Crippen molar-refractivity contribution in [1.29, 1.82) is 0 Å². The fourth-order valence-electron chi connectivity index (χ4n) is 6.38. The van der Waals surface area contributed by atoms with Crippen LogP contribution in [0.3, 0.4) is 0 Å². The maximum Gasteiger partial charge on any atom is 0.0342 e. The average Bonchev–Trinajstić information content (AvgIpc) is 2.84. The van der Waals surface area contributed by atoms with Gasteiger partial charge in [-0.1, -0.05) is 34.1 Å². The van der Waals surface area contributed by atoms with Crippen LogP contribution in [0, 0.1) is 22.7 Å². The molecular weight excluding hydrogens is 244 g/mol. The molecule has 2 atom stereocenters. The van der Waals surface area contributed by atoms with Crippen LogP contribution in [0.4, 0.5) is 0 Å². The molecule has 2 aliphatic carbocycles. The van der Waals surface area contributed by atoms with E-state index in [1.54, 1.807) is 0 Å². The summed E-state index contributed by atoms with van der Waals surface area (Å²) in [6.45, 7) is 13.3. The number of nitrogens with two attached hydrogens (primary N) is 1. The van der Waals surface area contributed by atoms with E-state index in [9.17, 15) is 0 Å². The van der Waals surface area contributed by atoms with Crippen molar-refractivity contribution >= 4 is 0 Å². The molecule has 0 aromatic carbocycles. The molecule has 2 saturated carbocycles. The van der Waals surface area contributed by atoms with Crippen molar-refractivity contribution in [1.82, 2.24) is 4.90 Å². The molecule has 2 nitrogen and oxygen atoms in total. The standard InChI is InChI=1S/C18H34N2/c1-16(2)10-17(3,4)12-18(11-16,13-19)20-8-14-6-5-7-15(14)9-20/h14-15H,5-13,19H2,1-4H3. The Hall–Kier alpha value is -0.0800. The van der Waals surface area contributed by atoms with Crippen LogP contribution < -0.4 is 5.73 Å². The Morgan fingerprint density at radius 2 is 1.40 bits per heavy atom. The summed E-state index contributed by atoms with van der Waals surface area (Å²) in [5, 5.41) is 0. The van der Waals surface area contributed by atoms with Crippen LogP contribution in [0.5, 0.6) is 0 Å². The Morgan fingerprint density at radius 3 is 1.85 bits per heavy atom. The Bertz CT molecular complexity index is 344. The third-order valence-electron chi connectivity index (χ3n) is 6.35. The van der Waals surface area contributed by atoms with Crippen LogP contribution in [0.15, 0.2) is 0 Å². The van der Waals surface area contributed by atoms with E-state index in [1.165, 1.54) is 51.6 Å². The monoisotopic (exact) mass is 278 g/mol. The van der Waals surface area contributed by atoms with Gasteiger partial charge in [0, 0.05) is 25.2 Å². The Kier molecular flexibility index (Phi) is 3.49. The minimum atomic E-state index is 0.273. The van der Waals surface area contributed by atoms with Crippen molar-refractivity contribution in [3.63, 3.8) is 0 Å². The maximum absolute atomic E-state index is 6.37. The van der Waals surface area contributed by atoms with E-state index in [2.05, 4.69) is 32.6 Å². The quantitative estimate of drug-likeness (QED) is 0.835. The number of hydrogen-bond donors (Lipinski definition) is 1. The van der Waals surface area contributed by atoms with Crippen molar-refractivity contribution in [2.45, 2.75) is 71.8 Å². The zero-order valence-corrected chi connectivity index (χ0v) is 14.0. The molecule has 1 heterocycles. The Morgan fingerprint density at radius 1 is 0.900 bits per heavy atom. The van der Waals surface area contributed by atoms with E-state index < -0.39 is 0 Å². The van der Waals surface area contributed by atoms with Crippen LogP contribution in [0.2, 0.25) is 0 Å². The second-order valence-electron chi connectivity index (χ2n) is 9.64. The van der Waals surface area contributed by atoms with Gasteiger partial charge < -0.3 is 5.73 Å². The fraction of sp³-hybridized carbons (Fsp3) is 1.00. The molecule has 2 unspecified atom stereocenters. The maximum atomic E-state index is 6.37. The summed E-state index contributed by atoms with van der Waals surface area (Å²) in [6, 6.07) is 0. The van der Waals surface area contributed by atoms with Gasteiger partial charge in [0.25, 0.3) is 0 Å². The van der Waals surface area contributed by atoms with E-state index in [1.807, 2.05) is 0 Å². The van der Waals surface area contributed by atoms with E-state index in [-0.39, 0.29) is 5.54 Å². The minimum absolute atomic E-state index is 0.273. The van der Waals surface area contributed by atoms with Gasteiger partial charge in [0.05, 0.1) is 0 Å². The third-order valence-corrected chi connectivity index (χ3v) is 6.35. The van der Waals surface area contributed by atoms with E-state index in [4.69, 9.17) is 5.73 Å². The van der Waals surface area contributed by atoms with E-state index in [0.717, 1.165) is 18.4 Å². The molecule has 0 bridgehead atoms. The van der Waals surface area contributed by atoms with Crippen LogP contribution in [-0.2, 0) is 0 Å². The summed E-state index contributed by atoms with van der Waals surface area (Å²) in [4.78, 5) is 2.82. The van der Waals surface area contributed by atoms with Crippen molar-refractivity contribution < 1.29 is 0 Å². The van der Waals surface area contributed by atoms with Gasteiger partial charge in [-0.3, -0.25) is 4.90 Å². The molecule has 0 aromatic heterocycles. The van der Waals surface area contributed by atoms with Crippen molar-refractivity contribution in [3.8, 4) is 0 Å². The number of fused-ring (bicyclic) bond motifs is 1. The number of likely N-dealkylation sites (tertiary alicyclic amines) is 1. The predicted molar refractivity (Wildman–Crippen MR) is 85.6 cm³/mol. The van der Waals surface area contributed by atoms with Gasteiger partial charge in [-0.2, -0.15) is 0 Å². The highest BCUT2D eigenvalue weighted by Crippen LogP contribution is 2.54. The first kappa shape index (κ1) is 14.8. The van der Waals surface area contributed by atoms with Gasteiger partial charge in [-0.05, 0) is 54.8 Å². The highest BCUT2D eigenvalue weighted by Gasteiger charge is 2.52. The second kappa shape index (κ2) is 4.71. The summed E-state index contributed by atoms with van der Waals surface area (Å²) in [6.07, 6.45) is 8.32. The van der Waals surface area contributed by atoms with Crippen LogP contribution in [-0.4, -0.2) is 30.1 Å². The lowest BCUT2D eigenvalue weighted by atomic mass is 9.58. The lowest BCUT2D eigenvalue weighted by Crippen LogP contribution is -2.60. The van der Waals surface area contributed by atoms with Crippen LogP contribution >= 0.6 is 0 Å². The van der Waals surface area contributed by atoms with Crippen molar-refractivity contribution in [2.75, 3.05) is 19.6 Å². The van der Waals surface area contributed by atoms with Gasteiger partial charge in [0.2, 0.25) is 0 Å². The van der Waals surface area contributed by atoms with Gasteiger partial charge in [-0.15, -0.1) is 0 Å². The summed E-state index contributed by atoms with van der Waals surface area (Å²) >= 11 is 0. The van der Waals surface area contributed by atoms with E-state index in [0.29, 0.717) is 10.8 Å². The first-order chi connectivity index (χ1) is 9.25. The molecule has 0 aromatic rings. The topological polar surface area (TPSA) is 29.3 Å². The first-order valence-corrected chi connectivity index (χ1v) is 8.71. The number of nitrogens with zero attached hydrogens (tertiary/aromatic N) is 1. The largest absolute Gasteiger partial charge is 0.329 e. The van der Waals surface area contributed by atoms with Crippen molar-refractivity contribution in [3.05, 3.63) is 0 Å². The van der Waals surface area contributed by atoms with Gasteiger partial charge in [-0.25, -0.2) is 0 Å². The normalized spacial score (nSPS) is 38.9. The molecule has 3 rings (SSSR count). The molecule has 0 radical (unpaired) electrons. The predicted octanol–water partition coefficient (Wildman–Crippen LogP) is 3.65. The minimum Gasteiger partial charge on any atom is -0.329 e. The molecule has 0 spiro atoms. The molecule has 2 heteroatoms. The third kappa shape index (κ3) is 2.54. The molecule has 116 valence electrons. The second-order valence-corrected chi connectivity index (χ2v) is 9.64. The van der Waals surface area contributed by atoms with Crippen LogP contribution in [0.1, 0.15) is 66.2 Å². The van der Waals surface area contributed by atoms with Crippen molar-refractivity contribution in [2.24, 2.45) is 28.4 Å². The molecule has 20 heavy (non-hydrogen) atoms. The van der Waals surface area contributed by atoms with Gasteiger partial charge in [0.15, 0.2) is 0 Å². The number of hydrogen-bond acceptors (Lipinski definition) is 2. The molecule has 3 fully saturated rings. The van der Waals surface area contributed by atoms with Gasteiger partial charge in [0.1, 0.15) is 0 Å². The number of rotatable bonds is 2. The summed E-state index contributed by atoms with van der Waals surface area (Å²) in [5.74, 6) is 1.96. The summed E-state index contributed by atoms with van der Waals surface area (Å²) < 4.78 is 0. The highest BCUT2D eigenvalue weighted by atomic mass is 15.2. The lowest BCUT2D eigenvalue weighted by molar-refractivity contribution is -0.0366. The summed E-state index contributed by atoms with van der Waals surface area (Å²) in [7, 11) is 0. The fourth-order valence-corrected chi connectivity index (χ4v) is 6.38. The zero-order chi connectivity index (χ0) is 14.6. The molecule has 1 aliphatic heterocycles.